The van der Waals surface area contributed by atoms with Crippen LogP contribution in [0.4, 0.5) is 4.79 Å². The second kappa shape index (κ2) is 12.1. The molecule has 0 spiro atoms. The number of aliphatic hydroxyl groups excluding tert-OH is 1. The summed E-state index contributed by atoms with van der Waals surface area (Å²) in [7, 11) is 0. The van der Waals surface area contributed by atoms with Crippen LogP contribution >= 0.6 is 0 Å². The zero-order chi connectivity index (χ0) is 29.9. The number of nitrogens with one attached hydrogen (secondary N) is 1. The molecule has 0 radical (unpaired) electrons. The van der Waals surface area contributed by atoms with Crippen molar-refractivity contribution < 1.29 is 24.6 Å². The normalized spacial score (nSPS) is 20.3. The van der Waals surface area contributed by atoms with Crippen LogP contribution in [0.2, 0.25) is 0 Å². The molecule has 0 bridgehead atoms. The van der Waals surface area contributed by atoms with Gasteiger partial charge in [0.15, 0.2) is 0 Å². The molecule has 2 heterocycles. The van der Waals surface area contributed by atoms with E-state index in [1.165, 1.54) is 9.80 Å². The maximum Gasteiger partial charge on any atom is 0.319 e. The number of amides is 4. The van der Waals surface area contributed by atoms with E-state index < -0.39 is 24.3 Å². The fourth-order valence-corrected chi connectivity index (χ4v) is 6.26. The summed E-state index contributed by atoms with van der Waals surface area (Å²) in [6, 6.07) is 28.0. The molecule has 4 amide bonds. The maximum absolute atomic E-state index is 14.2. The number of aromatic hydroxyl groups is 1. The molecular formula is C34H34N4O5. The number of piperazine rings is 1. The average Bonchev–Trinajstić information content (AvgIpc) is 3.03. The number of phenolic OH excluding ortho intramolecular Hbond substituents is 1. The molecule has 4 aromatic rings. The lowest BCUT2D eigenvalue weighted by atomic mass is 9.94. The minimum Gasteiger partial charge on any atom is -0.508 e. The lowest BCUT2D eigenvalue weighted by Crippen LogP contribution is -2.74. The molecule has 9 nitrogen and oxygen atoms in total. The van der Waals surface area contributed by atoms with Crippen molar-refractivity contribution in [3.63, 3.8) is 0 Å². The number of nitrogens with zero attached hydrogens (tertiary/aromatic N) is 3. The fraction of sp³-hybridized carbons (Fsp3) is 0.265. The molecule has 6 rings (SSSR count). The van der Waals surface area contributed by atoms with Crippen molar-refractivity contribution in [1.82, 2.24) is 20.0 Å². The Morgan fingerprint density at radius 2 is 1.58 bits per heavy atom. The Kier molecular flexibility index (Phi) is 7.98. The maximum atomic E-state index is 14.2. The number of fused-ring (bicyclic) bond motifs is 2. The number of carbonyl (C=O) groups excluding carboxylic acids is 3. The Hall–Kier alpha value is -4.89. The molecule has 2 fully saturated rings. The van der Waals surface area contributed by atoms with E-state index in [0.29, 0.717) is 6.54 Å². The number of benzene rings is 4. The highest BCUT2D eigenvalue weighted by Gasteiger charge is 2.51. The number of phenols is 1. The highest BCUT2D eigenvalue weighted by molar-refractivity contribution is 5.92. The number of rotatable bonds is 7. The Morgan fingerprint density at radius 1 is 0.860 bits per heavy atom. The number of aliphatic hydroxyl groups is 1. The molecule has 0 aliphatic carbocycles. The molecule has 0 aromatic heterocycles. The summed E-state index contributed by atoms with van der Waals surface area (Å²) < 4.78 is 0. The zero-order valence-electron chi connectivity index (χ0n) is 23.7. The zero-order valence-corrected chi connectivity index (χ0v) is 23.7. The summed E-state index contributed by atoms with van der Waals surface area (Å²) in [6.45, 7) is 0.308. The molecule has 2 aliphatic rings. The first-order valence-electron chi connectivity index (χ1n) is 14.5. The van der Waals surface area contributed by atoms with Crippen LogP contribution in [0.5, 0.6) is 5.75 Å². The van der Waals surface area contributed by atoms with Gasteiger partial charge in [0.25, 0.3) is 0 Å². The SMILES string of the molecule is O=C1C(Cc2ccc(O)cc2)N2C(=O)CC(CO)N(C(=O)NCc3ccccc3)C2CN1Cc1cccc2ccccc12. The molecule has 3 N–H and O–H groups in total. The summed E-state index contributed by atoms with van der Waals surface area (Å²) in [5.41, 5.74) is 2.66. The van der Waals surface area contributed by atoms with Gasteiger partial charge in [0, 0.05) is 25.9 Å². The summed E-state index contributed by atoms with van der Waals surface area (Å²) >= 11 is 0. The van der Waals surface area contributed by atoms with Gasteiger partial charge in [-0.1, -0.05) is 84.9 Å². The minimum atomic E-state index is -0.866. The van der Waals surface area contributed by atoms with Crippen molar-refractivity contribution in [3.8, 4) is 5.75 Å². The first kappa shape index (κ1) is 28.2. The van der Waals surface area contributed by atoms with E-state index >= 15 is 0 Å². The lowest BCUT2D eigenvalue weighted by Gasteiger charge is -2.54. The van der Waals surface area contributed by atoms with Gasteiger partial charge in [0.2, 0.25) is 11.8 Å². The molecule has 2 saturated heterocycles. The van der Waals surface area contributed by atoms with E-state index in [9.17, 15) is 24.6 Å². The topological polar surface area (TPSA) is 113 Å². The van der Waals surface area contributed by atoms with E-state index in [1.54, 1.807) is 29.2 Å². The van der Waals surface area contributed by atoms with Crippen LogP contribution < -0.4 is 5.32 Å². The van der Waals surface area contributed by atoms with Crippen molar-refractivity contribution in [2.75, 3.05) is 13.2 Å². The first-order valence-corrected chi connectivity index (χ1v) is 14.5. The molecule has 0 saturated carbocycles. The van der Waals surface area contributed by atoms with Crippen molar-refractivity contribution in [3.05, 3.63) is 114 Å². The van der Waals surface area contributed by atoms with E-state index in [-0.39, 0.29) is 50.1 Å². The highest BCUT2D eigenvalue weighted by Crippen LogP contribution is 2.32. The van der Waals surface area contributed by atoms with E-state index in [4.69, 9.17) is 0 Å². The van der Waals surface area contributed by atoms with Crippen LogP contribution in [0.1, 0.15) is 23.1 Å². The standard InChI is InChI=1S/C34H34N4O5/c39-22-27-18-32(41)38-30(17-23-13-15-28(40)16-14-23)33(42)36(20-26-11-6-10-25-9-4-5-12-29(25)26)21-31(38)37(27)34(43)35-19-24-7-2-1-3-8-24/h1-16,27,30-31,39-40H,17-22H2,(H,35,43). The van der Waals surface area contributed by atoms with Crippen LogP contribution in [0.25, 0.3) is 10.8 Å². The monoisotopic (exact) mass is 578 g/mol. The van der Waals surface area contributed by atoms with Crippen LogP contribution in [0, 0.1) is 0 Å². The van der Waals surface area contributed by atoms with Crippen molar-refractivity contribution >= 4 is 28.6 Å². The lowest BCUT2D eigenvalue weighted by molar-refractivity contribution is -0.171. The van der Waals surface area contributed by atoms with Crippen LogP contribution in [0.3, 0.4) is 0 Å². The summed E-state index contributed by atoms with van der Waals surface area (Å²) in [4.78, 5) is 46.4. The molecule has 9 heteroatoms. The van der Waals surface area contributed by atoms with Crippen molar-refractivity contribution in [2.24, 2.45) is 0 Å². The molecule has 2 aliphatic heterocycles. The quantitative estimate of drug-likeness (QED) is 0.310. The number of hydrogen-bond donors (Lipinski definition) is 3. The second-order valence-electron chi connectivity index (χ2n) is 11.1. The third-order valence-corrected chi connectivity index (χ3v) is 8.39. The predicted octanol–water partition coefficient (Wildman–Crippen LogP) is 3.63. The molecular weight excluding hydrogens is 544 g/mol. The fourth-order valence-electron chi connectivity index (χ4n) is 6.26. The van der Waals surface area contributed by atoms with Gasteiger partial charge in [-0.2, -0.15) is 0 Å². The first-order chi connectivity index (χ1) is 20.9. The highest BCUT2D eigenvalue weighted by atomic mass is 16.3. The number of hydrogen-bond acceptors (Lipinski definition) is 5. The smallest absolute Gasteiger partial charge is 0.319 e. The van der Waals surface area contributed by atoms with Gasteiger partial charge in [-0.3, -0.25) is 14.5 Å². The van der Waals surface area contributed by atoms with Gasteiger partial charge in [-0.05, 0) is 39.6 Å². The van der Waals surface area contributed by atoms with Gasteiger partial charge in [-0.15, -0.1) is 0 Å². The summed E-state index contributed by atoms with van der Waals surface area (Å²) in [6.07, 6.45) is -0.644. The molecule has 43 heavy (non-hydrogen) atoms. The average molecular weight is 579 g/mol. The van der Waals surface area contributed by atoms with Gasteiger partial charge < -0.3 is 25.3 Å². The van der Waals surface area contributed by atoms with Gasteiger partial charge in [0.05, 0.1) is 19.2 Å². The Morgan fingerprint density at radius 3 is 2.35 bits per heavy atom. The second-order valence-corrected chi connectivity index (χ2v) is 11.1. The Bertz CT molecular complexity index is 1620. The third-order valence-electron chi connectivity index (χ3n) is 8.39. The Balaban J connectivity index is 1.36. The number of urea groups is 1. The predicted molar refractivity (Wildman–Crippen MR) is 162 cm³/mol. The van der Waals surface area contributed by atoms with Gasteiger partial charge >= 0.3 is 6.03 Å². The van der Waals surface area contributed by atoms with Crippen LogP contribution in [0.15, 0.2) is 97.1 Å². The van der Waals surface area contributed by atoms with E-state index in [0.717, 1.165) is 27.5 Å². The van der Waals surface area contributed by atoms with E-state index in [2.05, 4.69) is 5.32 Å². The van der Waals surface area contributed by atoms with Gasteiger partial charge in [0.1, 0.15) is 18.0 Å². The van der Waals surface area contributed by atoms with Crippen LogP contribution in [-0.4, -0.2) is 74.2 Å². The van der Waals surface area contributed by atoms with Crippen LogP contribution in [-0.2, 0) is 29.1 Å². The van der Waals surface area contributed by atoms with E-state index in [1.807, 2.05) is 72.8 Å². The van der Waals surface area contributed by atoms with Crippen molar-refractivity contribution in [2.45, 2.75) is 44.2 Å². The van der Waals surface area contributed by atoms with Gasteiger partial charge in [-0.25, -0.2) is 4.79 Å². The largest absolute Gasteiger partial charge is 0.508 e. The minimum absolute atomic E-state index is 0.0889. The third kappa shape index (κ3) is 5.76. The van der Waals surface area contributed by atoms with Crippen molar-refractivity contribution in [1.29, 1.82) is 0 Å². The number of carbonyl (C=O) groups is 3. The Labute approximate surface area is 249 Å². The molecule has 220 valence electrons. The molecule has 3 atom stereocenters. The molecule has 3 unspecified atom stereocenters. The molecule has 4 aromatic carbocycles. The summed E-state index contributed by atoms with van der Waals surface area (Å²) in [5.74, 6) is -0.383. The summed E-state index contributed by atoms with van der Waals surface area (Å²) in [5, 5.41) is 25.2.